The average Bonchev–Trinajstić information content (AvgIpc) is 2.05. The molecule has 0 aliphatic carbocycles. The Morgan fingerprint density at radius 2 is 1.85 bits per heavy atom. The van der Waals surface area contributed by atoms with Gasteiger partial charge in [0.2, 0.25) is 0 Å². The van der Waals surface area contributed by atoms with Crippen molar-refractivity contribution < 1.29 is 8.78 Å². The third kappa shape index (κ3) is 2.47. The number of alkyl halides is 2. The molecule has 0 bridgehead atoms. The van der Waals surface area contributed by atoms with Crippen LogP contribution in [0.15, 0.2) is 30.3 Å². The zero-order valence-corrected chi connectivity index (χ0v) is 7.30. The van der Waals surface area contributed by atoms with Crippen molar-refractivity contribution in [3.8, 4) is 0 Å². The van der Waals surface area contributed by atoms with E-state index < -0.39 is 12.0 Å². The lowest BCUT2D eigenvalue weighted by Gasteiger charge is -2.22. The van der Waals surface area contributed by atoms with Crippen molar-refractivity contribution in [3.05, 3.63) is 35.9 Å². The van der Waals surface area contributed by atoms with Gasteiger partial charge in [0.15, 0.2) is 0 Å². The lowest BCUT2D eigenvalue weighted by atomic mass is 10.0. The predicted molar refractivity (Wildman–Crippen MR) is 47.1 cm³/mol. The minimum Gasteiger partial charge on any atom is -0.271 e. The van der Waals surface area contributed by atoms with Gasteiger partial charge in [-0.3, -0.25) is 5.84 Å². The molecule has 0 amide bonds. The van der Waals surface area contributed by atoms with E-state index in [0.29, 0.717) is 5.56 Å². The van der Waals surface area contributed by atoms with E-state index in [1.807, 2.05) is 0 Å². The molecule has 72 valence electrons. The maximum absolute atomic E-state index is 12.9. The molecule has 1 aromatic rings. The number of benzene rings is 1. The van der Waals surface area contributed by atoms with Gasteiger partial charge in [-0.15, -0.1) is 0 Å². The van der Waals surface area contributed by atoms with E-state index >= 15 is 0 Å². The van der Waals surface area contributed by atoms with E-state index in [4.69, 9.17) is 5.84 Å². The van der Waals surface area contributed by atoms with Crippen LogP contribution in [-0.4, -0.2) is 5.92 Å². The highest BCUT2D eigenvalue weighted by Crippen LogP contribution is 2.29. The molecular formula is C9H12F2N2. The number of halogens is 2. The Balaban J connectivity index is 2.92. The molecule has 4 heteroatoms. The monoisotopic (exact) mass is 186 g/mol. The third-order valence-corrected chi connectivity index (χ3v) is 1.81. The van der Waals surface area contributed by atoms with Crippen LogP contribution in [0.5, 0.6) is 0 Å². The highest BCUT2D eigenvalue weighted by molar-refractivity contribution is 5.20. The summed E-state index contributed by atoms with van der Waals surface area (Å²) >= 11 is 0. The highest BCUT2D eigenvalue weighted by atomic mass is 19.3. The van der Waals surface area contributed by atoms with E-state index in [1.54, 1.807) is 30.3 Å². The Hall–Kier alpha value is -1.00. The standard InChI is InChI=1S/C9H12F2N2/c1-9(10,11)8(13-12)7-5-3-2-4-6-7/h2-6,8,13H,12H2,1H3. The molecule has 0 saturated carbocycles. The third-order valence-electron chi connectivity index (χ3n) is 1.81. The van der Waals surface area contributed by atoms with Gasteiger partial charge >= 0.3 is 0 Å². The molecule has 0 heterocycles. The van der Waals surface area contributed by atoms with Gasteiger partial charge in [-0.25, -0.2) is 14.2 Å². The molecule has 3 N–H and O–H groups in total. The Labute approximate surface area is 75.7 Å². The maximum atomic E-state index is 12.9. The van der Waals surface area contributed by atoms with Gasteiger partial charge in [0.25, 0.3) is 5.92 Å². The van der Waals surface area contributed by atoms with Crippen molar-refractivity contribution in [2.75, 3.05) is 0 Å². The molecule has 1 rings (SSSR count). The molecule has 0 spiro atoms. The van der Waals surface area contributed by atoms with Crippen LogP contribution >= 0.6 is 0 Å². The Morgan fingerprint density at radius 3 is 2.23 bits per heavy atom. The van der Waals surface area contributed by atoms with Crippen molar-refractivity contribution in [2.45, 2.75) is 18.9 Å². The molecule has 0 aliphatic heterocycles. The molecule has 0 aromatic heterocycles. The second-order valence-electron chi connectivity index (χ2n) is 2.97. The molecule has 1 unspecified atom stereocenters. The van der Waals surface area contributed by atoms with Crippen molar-refractivity contribution in [2.24, 2.45) is 5.84 Å². The predicted octanol–water partition coefficient (Wildman–Crippen LogP) is 1.85. The first-order valence-electron chi connectivity index (χ1n) is 3.94. The fourth-order valence-corrected chi connectivity index (χ4v) is 1.18. The second-order valence-corrected chi connectivity index (χ2v) is 2.97. The lowest BCUT2D eigenvalue weighted by Crippen LogP contribution is -2.39. The minimum absolute atomic E-state index is 0.484. The molecule has 1 aromatic carbocycles. The van der Waals surface area contributed by atoms with Crippen molar-refractivity contribution >= 4 is 0 Å². The zero-order valence-electron chi connectivity index (χ0n) is 7.30. The Bertz CT molecular complexity index is 256. The molecule has 0 saturated heterocycles. The number of hydrazine groups is 1. The van der Waals surface area contributed by atoms with Crippen LogP contribution in [0.1, 0.15) is 18.5 Å². The normalized spacial score (nSPS) is 14.2. The van der Waals surface area contributed by atoms with Gasteiger partial charge in [-0.2, -0.15) is 0 Å². The summed E-state index contributed by atoms with van der Waals surface area (Å²) in [6, 6.07) is 7.26. The first-order chi connectivity index (χ1) is 6.05. The van der Waals surface area contributed by atoms with E-state index in [-0.39, 0.29) is 0 Å². The minimum atomic E-state index is -2.86. The summed E-state index contributed by atoms with van der Waals surface area (Å²) in [5.74, 6) is 2.20. The number of nitrogens with two attached hydrogens (primary N) is 1. The molecular weight excluding hydrogens is 174 g/mol. The van der Waals surface area contributed by atoms with Crippen molar-refractivity contribution in [3.63, 3.8) is 0 Å². The van der Waals surface area contributed by atoms with E-state index in [9.17, 15) is 8.78 Å². The average molecular weight is 186 g/mol. The first-order valence-corrected chi connectivity index (χ1v) is 3.94. The fourth-order valence-electron chi connectivity index (χ4n) is 1.18. The van der Waals surface area contributed by atoms with Gasteiger partial charge in [0.05, 0.1) is 0 Å². The summed E-state index contributed by atoms with van der Waals surface area (Å²) in [6.07, 6.45) is 0. The van der Waals surface area contributed by atoms with Gasteiger partial charge in [-0.1, -0.05) is 30.3 Å². The van der Waals surface area contributed by atoms with Crippen LogP contribution in [0.25, 0.3) is 0 Å². The molecule has 0 fully saturated rings. The number of nitrogens with one attached hydrogen (secondary N) is 1. The van der Waals surface area contributed by atoms with Crippen LogP contribution in [0, 0.1) is 0 Å². The number of hydrogen-bond donors (Lipinski definition) is 2. The maximum Gasteiger partial charge on any atom is 0.265 e. The lowest BCUT2D eigenvalue weighted by molar-refractivity contribution is -0.0194. The summed E-state index contributed by atoms with van der Waals surface area (Å²) in [5, 5.41) is 0. The molecule has 0 radical (unpaired) electrons. The summed E-state index contributed by atoms with van der Waals surface area (Å²) in [7, 11) is 0. The first kappa shape index (κ1) is 10.1. The number of rotatable bonds is 3. The van der Waals surface area contributed by atoms with E-state index in [0.717, 1.165) is 6.92 Å². The van der Waals surface area contributed by atoms with E-state index in [2.05, 4.69) is 5.43 Å². The summed E-state index contributed by atoms with van der Waals surface area (Å²) < 4.78 is 25.9. The van der Waals surface area contributed by atoms with Gasteiger partial charge < -0.3 is 0 Å². The quantitative estimate of drug-likeness (QED) is 0.558. The van der Waals surface area contributed by atoms with Crippen molar-refractivity contribution in [1.82, 2.24) is 5.43 Å². The van der Waals surface area contributed by atoms with Crippen molar-refractivity contribution in [1.29, 1.82) is 0 Å². The van der Waals surface area contributed by atoms with Gasteiger partial charge in [0.1, 0.15) is 6.04 Å². The number of hydrogen-bond acceptors (Lipinski definition) is 2. The van der Waals surface area contributed by atoms with Crippen LogP contribution in [0.4, 0.5) is 8.78 Å². The highest BCUT2D eigenvalue weighted by Gasteiger charge is 2.34. The van der Waals surface area contributed by atoms with Crippen LogP contribution in [0.3, 0.4) is 0 Å². The molecule has 2 nitrogen and oxygen atoms in total. The van der Waals surface area contributed by atoms with Gasteiger partial charge in [-0.05, 0) is 5.56 Å². The fraction of sp³-hybridized carbons (Fsp3) is 0.333. The SMILES string of the molecule is CC(F)(F)C(NN)c1ccccc1. The Kier molecular flexibility index (Phi) is 2.95. The van der Waals surface area contributed by atoms with Crippen LogP contribution in [0.2, 0.25) is 0 Å². The molecule has 13 heavy (non-hydrogen) atoms. The molecule has 0 aliphatic rings. The summed E-state index contributed by atoms with van der Waals surface area (Å²) in [4.78, 5) is 0. The van der Waals surface area contributed by atoms with Gasteiger partial charge in [0, 0.05) is 6.92 Å². The van der Waals surface area contributed by atoms with E-state index in [1.165, 1.54) is 0 Å². The smallest absolute Gasteiger partial charge is 0.265 e. The van der Waals surface area contributed by atoms with Crippen LogP contribution in [-0.2, 0) is 0 Å². The largest absolute Gasteiger partial charge is 0.271 e. The Morgan fingerprint density at radius 1 is 1.31 bits per heavy atom. The summed E-state index contributed by atoms with van der Waals surface area (Å²) in [6.45, 7) is 0.838. The summed E-state index contributed by atoms with van der Waals surface area (Å²) in [5.41, 5.74) is 2.59. The second kappa shape index (κ2) is 3.81. The van der Waals surface area contributed by atoms with Crippen LogP contribution < -0.4 is 11.3 Å². The topological polar surface area (TPSA) is 38.0 Å². The zero-order chi connectivity index (χ0) is 9.90. The molecule has 1 atom stereocenters.